The minimum Gasteiger partial charge on any atom is -0.336 e. The lowest BCUT2D eigenvalue weighted by molar-refractivity contribution is 0.0627. The molecule has 1 aliphatic heterocycles. The Bertz CT molecular complexity index is 1330. The van der Waals surface area contributed by atoms with Crippen molar-refractivity contribution < 1.29 is 4.79 Å². The molecule has 5 rings (SSSR count). The van der Waals surface area contributed by atoms with E-state index in [0.29, 0.717) is 0 Å². The fourth-order valence-electron chi connectivity index (χ4n) is 5.22. The summed E-state index contributed by atoms with van der Waals surface area (Å²) in [6.07, 6.45) is 5.39. The molecule has 0 unspecified atom stereocenters. The Morgan fingerprint density at radius 1 is 0.917 bits per heavy atom. The Morgan fingerprint density at radius 2 is 1.69 bits per heavy atom. The molecular weight excluding hydrogens is 444 g/mol. The summed E-state index contributed by atoms with van der Waals surface area (Å²) in [7, 11) is 0. The Balaban J connectivity index is 1.27. The fourth-order valence-corrected chi connectivity index (χ4v) is 5.22. The van der Waals surface area contributed by atoms with Crippen LogP contribution in [0.5, 0.6) is 0 Å². The van der Waals surface area contributed by atoms with Crippen molar-refractivity contribution in [1.29, 1.82) is 0 Å². The van der Waals surface area contributed by atoms with Crippen LogP contribution in [-0.2, 0) is 19.5 Å². The van der Waals surface area contributed by atoms with Crippen molar-refractivity contribution in [3.63, 3.8) is 0 Å². The molecule has 0 bridgehead atoms. The first-order valence-electron chi connectivity index (χ1n) is 13.2. The van der Waals surface area contributed by atoms with E-state index in [0.717, 1.165) is 68.4 Å². The molecule has 0 saturated carbocycles. The van der Waals surface area contributed by atoms with Crippen LogP contribution >= 0.6 is 0 Å². The second kappa shape index (κ2) is 11.1. The average molecular weight is 481 g/mol. The van der Waals surface area contributed by atoms with Gasteiger partial charge < -0.3 is 9.47 Å². The van der Waals surface area contributed by atoms with E-state index < -0.39 is 0 Å². The van der Waals surface area contributed by atoms with Gasteiger partial charge in [-0.05, 0) is 35.7 Å². The second-order valence-corrected chi connectivity index (χ2v) is 9.94. The molecule has 0 radical (unpaired) electrons. The number of fused-ring (bicyclic) bond motifs is 1. The summed E-state index contributed by atoms with van der Waals surface area (Å²) in [6, 6.07) is 22.9. The maximum atomic E-state index is 13.4. The van der Waals surface area contributed by atoms with Gasteiger partial charge in [0, 0.05) is 57.4 Å². The number of hydrogen-bond acceptors (Lipinski definition) is 3. The molecule has 0 aliphatic carbocycles. The minimum absolute atomic E-state index is 0.137. The highest BCUT2D eigenvalue weighted by Crippen LogP contribution is 2.21. The lowest BCUT2D eigenvalue weighted by Crippen LogP contribution is -2.48. The number of rotatable bonds is 8. The summed E-state index contributed by atoms with van der Waals surface area (Å²) >= 11 is 0. The number of piperazine rings is 1. The van der Waals surface area contributed by atoms with Crippen LogP contribution in [0.3, 0.4) is 0 Å². The smallest absolute Gasteiger partial charge is 0.254 e. The predicted octanol–water partition coefficient (Wildman–Crippen LogP) is 5.69. The van der Waals surface area contributed by atoms with Crippen LogP contribution in [0.1, 0.15) is 52.8 Å². The topological polar surface area (TPSA) is 41.4 Å². The standard InChI is InChI=1S/C31H36N4O/c1-3-4-15-30-32-21-27(35(30)22-25-10-7-9-24(2)20-25)23-33-16-18-34(19-17-33)31(36)29-14-8-12-26-11-5-6-13-28(26)29/h5-14,20-21H,3-4,15-19,22-23H2,1-2H3. The van der Waals surface area contributed by atoms with Gasteiger partial charge in [0.25, 0.3) is 5.91 Å². The van der Waals surface area contributed by atoms with Gasteiger partial charge in [-0.1, -0.05) is 79.6 Å². The summed E-state index contributed by atoms with van der Waals surface area (Å²) in [6.45, 7) is 9.33. The van der Waals surface area contributed by atoms with Crippen molar-refractivity contribution in [3.8, 4) is 0 Å². The van der Waals surface area contributed by atoms with E-state index in [1.165, 1.54) is 29.1 Å². The first-order chi connectivity index (χ1) is 17.6. The lowest BCUT2D eigenvalue weighted by atomic mass is 10.0. The Kier molecular flexibility index (Phi) is 7.47. The molecule has 0 N–H and O–H groups in total. The van der Waals surface area contributed by atoms with E-state index in [-0.39, 0.29) is 5.91 Å². The highest BCUT2D eigenvalue weighted by atomic mass is 16.2. The summed E-state index contributed by atoms with van der Waals surface area (Å²) in [5, 5.41) is 2.15. The second-order valence-electron chi connectivity index (χ2n) is 9.94. The molecule has 1 aromatic heterocycles. The minimum atomic E-state index is 0.137. The summed E-state index contributed by atoms with van der Waals surface area (Å²) < 4.78 is 2.41. The van der Waals surface area contributed by atoms with Gasteiger partial charge in [0.2, 0.25) is 0 Å². The van der Waals surface area contributed by atoms with Crippen molar-refractivity contribution >= 4 is 16.7 Å². The number of amides is 1. The first-order valence-corrected chi connectivity index (χ1v) is 13.2. The number of aromatic nitrogens is 2. The third-order valence-electron chi connectivity index (χ3n) is 7.26. The van der Waals surface area contributed by atoms with Gasteiger partial charge in [0.15, 0.2) is 0 Å². The molecule has 186 valence electrons. The van der Waals surface area contributed by atoms with E-state index in [1.54, 1.807) is 0 Å². The zero-order chi connectivity index (χ0) is 24.9. The molecule has 1 amide bonds. The summed E-state index contributed by atoms with van der Waals surface area (Å²) in [5.74, 6) is 1.32. The van der Waals surface area contributed by atoms with E-state index in [9.17, 15) is 4.79 Å². The molecule has 1 fully saturated rings. The highest BCUT2D eigenvalue weighted by molar-refractivity contribution is 6.07. The molecule has 0 atom stereocenters. The van der Waals surface area contributed by atoms with Gasteiger partial charge >= 0.3 is 0 Å². The zero-order valence-electron chi connectivity index (χ0n) is 21.5. The Morgan fingerprint density at radius 3 is 2.50 bits per heavy atom. The van der Waals surface area contributed by atoms with Crippen molar-refractivity contribution in [3.05, 3.63) is 101 Å². The van der Waals surface area contributed by atoms with Crippen LogP contribution in [0.25, 0.3) is 10.8 Å². The van der Waals surface area contributed by atoms with Crippen LogP contribution in [-0.4, -0.2) is 51.4 Å². The van der Waals surface area contributed by atoms with E-state index in [1.807, 2.05) is 35.2 Å². The summed E-state index contributed by atoms with van der Waals surface area (Å²) in [5.41, 5.74) is 4.67. The molecule has 5 heteroatoms. The third-order valence-corrected chi connectivity index (χ3v) is 7.26. The number of benzene rings is 3. The fraction of sp³-hybridized carbons (Fsp3) is 0.355. The molecule has 0 spiro atoms. The van der Waals surface area contributed by atoms with Crippen LogP contribution in [0.15, 0.2) is 72.9 Å². The predicted molar refractivity (Wildman–Crippen MR) is 146 cm³/mol. The van der Waals surface area contributed by atoms with Gasteiger partial charge in [0.05, 0.1) is 5.69 Å². The normalized spacial score (nSPS) is 14.4. The van der Waals surface area contributed by atoms with Gasteiger partial charge in [-0.25, -0.2) is 4.98 Å². The van der Waals surface area contributed by atoms with E-state index in [4.69, 9.17) is 4.98 Å². The maximum Gasteiger partial charge on any atom is 0.254 e. The number of carbonyl (C=O) groups is 1. The number of nitrogens with zero attached hydrogens (tertiary/aromatic N) is 4. The number of imidazole rings is 1. The Labute approximate surface area is 214 Å². The number of unbranched alkanes of at least 4 members (excludes halogenated alkanes) is 1. The SMILES string of the molecule is CCCCc1ncc(CN2CCN(C(=O)c3cccc4ccccc34)CC2)n1Cc1cccc(C)c1. The van der Waals surface area contributed by atoms with Crippen molar-refractivity contribution in [2.75, 3.05) is 26.2 Å². The van der Waals surface area contributed by atoms with Gasteiger partial charge in [-0.15, -0.1) is 0 Å². The maximum absolute atomic E-state index is 13.4. The van der Waals surface area contributed by atoms with Crippen LogP contribution in [0.4, 0.5) is 0 Å². The van der Waals surface area contributed by atoms with Crippen molar-refractivity contribution in [1.82, 2.24) is 19.4 Å². The van der Waals surface area contributed by atoms with Gasteiger partial charge in [0.1, 0.15) is 5.82 Å². The van der Waals surface area contributed by atoms with Crippen molar-refractivity contribution in [2.24, 2.45) is 0 Å². The summed E-state index contributed by atoms with van der Waals surface area (Å²) in [4.78, 5) is 22.6. The van der Waals surface area contributed by atoms with E-state index >= 15 is 0 Å². The third kappa shape index (κ3) is 5.36. The quantitative estimate of drug-likeness (QED) is 0.325. The number of hydrogen-bond donors (Lipinski definition) is 0. The van der Waals surface area contributed by atoms with Crippen molar-refractivity contribution in [2.45, 2.75) is 46.2 Å². The molecule has 3 aromatic carbocycles. The molecule has 5 nitrogen and oxygen atoms in total. The first kappa shape index (κ1) is 24.3. The molecule has 4 aromatic rings. The van der Waals surface area contributed by atoms with Gasteiger partial charge in [-0.2, -0.15) is 0 Å². The monoisotopic (exact) mass is 480 g/mol. The van der Waals surface area contributed by atoms with Gasteiger partial charge in [-0.3, -0.25) is 9.69 Å². The van der Waals surface area contributed by atoms with Crippen LogP contribution in [0, 0.1) is 6.92 Å². The molecule has 1 aliphatic rings. The van der Waals surface area contributed by atoms with E-state index in [2.05, 4.69) is 65.9 Å². The molecular formula is C31H36N4O. The molecule has 2 heterocycles. The zero-order valence-corrected chi connectivity index (χ0v) is 21.5. The van der Waals surface area contributed by atoms with Crippen LogP contribution in [0.2, 0.25) is 0 Å². The lowest BCUT2D eigenvalue weighted by Gasteiger charge is -2.35. The molecule has 36 heavy (non-hydrogen) atoms. The number of carbonyl (C=O) groups excluding carboxylic acids is 1. The Hall–Kier alpha value is -3.44. The number of aryl methyl sites for hydroxylation is 2. The highest BCUT2D eigenvalue weighted by Gasteiger charge is 2.24. The largest absolute Gasteiger partial charge is 0.336 e. The average Bonchev–Trinajstić information content (AvgIpc) is 3.27. The molecule has 1 saturated heterocycles. The van der Waals surface area contributed by atoms with Crippen LogP contribution < -0.4 is 0 Å².